The van der Waals surface area contributed by atoms with Crippen LogP contribution in [0.25, 0.3) is 0 Å². The van der Waals surface area contributed by atoms with Gasteiger partial charge in [0.05, 0.1) is 6.10 Å². The molecular formula is C16H25NO. The van der Waals surface area contributed by atoms with Crippen molar-refractivity contribution < 1.29 is 4.74 Å². The van der Waals surface area contributed by atoms with Crippen LogP contribution in [0.3, 0.4) is 0 Å². The SMILES string of the molecule is Cc1ccccc1[C@@H](C)NCCCC1CCCO1. The first-order chi connectivity index (χ1) is 8.77. The maximum Gasteiger partial charge on any atom is 0.0576 e. The predicted octanol–water partition coefficient (Wildman–Crippen LogP) is 3.60. The molecule has 0 spiro atoms. The molecule has 2 nitrogen and oxygen atoms in total. The van der Waals surface area contributed by atoms with Crippen molar-refractivity contribution in [2.24, 2.45) is 0 Å². The highest BCUT2D eigenvalue weighted by molar-refractivity contribution is 5.28. The summed E-state index contributed by atoms with van der Waals surface area (Å²) < 4.78 is 5.64. The van der Waals surface area contributed by atoms with Crippen molar-refractivity contribution in [3.63, 3.8) is 0 Å². The molecular weight excluding hydrogens is 222 g/mol. The van der Waals surface area contributed by atoms with E-state index in [0.29, 0.717) is 12.1 Å². The van der Waals surface area contributed by atoms with Crippen molar-refractivity contribution in [1.82, 2.24) is 5.32 Å². The van der Waals surface area contributed by atoms with E-state index in [1.807, 2.05) is 0 Å². The van der Waals surface area contributed by atoms with Crippen molar-refractivity contribution >= 4 is 0 Å². The summed E-state index contributed by atoms with van der Waals surface area (Å²) in [6.07, 6.45) is 5.44. The van der Waals surface area contributed by atoms with Crippen molar-refractivity contribution in [3.8, 4) is 0 Å². The summed E-state index contributed by atoms with van der Waals surface area (Å²) in [5.41, 5.74) is 2.78. The van der Waals surface area contributed by atoms with Gasteiger partial charge in [-0.3, -0.25) is 0 Å². The van der Waals surface area contributed by atoms with Gasteiger partial charge < -0.3 is 10.1 Å². The first-order valence-electron chi connectivity index (χ1n) is 7.18. The fourth-order valence-corrected chi connectivity index (χ4v) is 2.70. The molecule has 0 bridgehead atoms. The molecule has 2 heteroatoms. The minimum atomic E-state index is 0.440. The van der Waals surface area contributed by atoms with Crippen LogP contribution in [0.4, 0.5) is 0 Å². The number of hydrogen-bond acceptors (Lipinski definition) is 2. The molecule has 1 aliphatic heterocycles. The lowest BCUT2D eigenvalue weighted by molar-refractivity contribution is 0.102. The van der Waals surface area contributed by atoms with Gasteiger partial charge in [-0.2, -0.15) is 0 Å². The van der Waals surface area contributed by atoms with E-state index in [1.54, 1.807) is 0 Å². The highest BCUT2D eigenvalue weighted by Crippen LogP contribution is 2.18. The second kappa shape index (κ2) is 6.91. The molecule has 1 aromatic carbocycles. The van der Waals surface area contributed by atoms with Crippen molar-refractivity contribution in [3.05, 3.63) is 35.4 Å². The van der Waals surface area contributed by atoms with E-state index < -0.39 is 0 Å². The summed E-state index contributed by atoms with van der Waals surface area (Å²) in [6.45, 7) is 6.47. The molecule has 0 radical (unpaired) electrons. The van der Waals surface area contributed by atoms with Gasteiger partial charge in [-0.25, -0.2) is 0 Å². The molecule has 2 rings (SSSR count). The second-order valence-electron chi connectivity index (χ2n) is 5.31. The topological polar surface area (TPSA) is 21.3 Å². The van der Waals surface area contributed by atoms with Gasteiger partial charge in [-0.1, -0.05) is 24.3 Å². The summed E-state index contributed by atoms with van der Waals surface area (Å²) in [4.78, 5) is 0. The Morgan fingerprint density at radius 3 is 2.94 bits per heavy atom. The predicted molar refractivity (Wildman–Crippen MR) is 75.8 cm³/mol. The Morgan fingerprint density at radius 1 is 1.39 bits per heavy atom. The number of benzene rings is 1. The minimum absolute atomic E-state index is 0.440. The second-order valence-corrected chi connectivity index (χ2v) is 5.31. The summed E-state index contributed by atoms with van der Waals surface area (Å²) in [5.74, 6) is 0. The Hall–Kier alpha value is -0.860. The lowest BCUT2D eigenvalue weighted by Crippen LogP contribution is -2.21. The number of ether oxygens (including phenoxy) is 1. The lowest BCUT2D eigenvalue weighted by atomic mass is 10.0. The van der Waals surface area contributed by atoms with E-state index in [4.69, 9.17) is 4.74 Å². The molecule has 18 heavy (non-hydrogen) atoms. The van der Waals surface area contributed by atoms with Crippen LogP contribution in [0.2, 0.25) is 0 Å². The Kier molecular flexibility index (Phi) is 5.21. The smallest absolute Gasteiger partial charge is 0.0576 e. The third-order valence-electron chi connectivity index (χ3n) is 3.83. The van der Waals surface area contributed by atoms with Crippen LogP contribution < -0.4 is 5.32 Å². The maximum atomic E-state index is 5.64. The van der Waals surface area contributed by atoms with Crippen molar-refractivity contribution in [2.45, 2.75) is 51.7 Å². The molecule has 0 aromatic heterocycles. The van der Waals surface area contributed by atoms with E-state index >= 15 is 0 Å². The van der Waals surface area contributed by atoms with E-state index in [-0.39, 0.29) is 0 Å². The van der Waals surface area contributed by atoms with Gasteiger partial charge in [0.2, 0.25) is 0 Å². The van der Waals surface area contributed by atoms with Crippen LogP contribution in [0.15, 0.2) is 24.3 Å². The quantitative estimate of drug-likeness (QED) is 0.775. The Labute approximate surface area is 111 Å². The van der Waals surface area contributed by atoms with Crippen LogP contribution in [-0.2, 0) is 4.74 Å². The zero-order chi connectivity index (χ0) is 12.8. The van der Waals surface area contributed by atoms with Gasteiger partial charge in [0, 0.05) is 12.6 Å². The van der Waals surface area contributed by atoms with Crippen molar-refractivity contribution in [1.29, 1.82) is 0 Å². The van der Waals surface area contributed by atoms with Crippen LogP contribution in [0.5, 0.6) is 0 Å². The van der Waals surface area contributed by atoms with Crippen molar-refractivity contribution in [2.75, 3.05) is 13.2 Å². The van der Waals surface area contributed by atoms with Gasteiger partial charge >= 0.3 is 0 Å². The minimum Gasteiger partial charge on any atom is -0.378 e. The average Bonchev–Trinajstić information content (AvgIpc) is 2.88. The summed E-state index contributed by atoms with van der Waals surface area (Å²) in [5, 5.41) is 3.61. The first-order valence-corrected chi connectivity index (χ1v) is 7.18. The average molecular weight is 247 g/mol. The molecule has 100 valence electrons. The number of hydrogen-bond donors (Lipinski definition) is 1. The van der Waals surface area contributed by atoms with Crippen LogP contribution in [0, 0.1) is 6.92 Å². The Bertz CT molecular complexity index is 358. The number of aryl methyl sites for hydroxylation is 1. The largest absolute Gasteiger partial charge is 0.378 e. The third-order valence-corrected chi connectivity index (χ3v) is 3.83. The lowest BCUT2D eigenvalue weighted by Gasteiger charge is -2.17. The first kappa shape index (κ1) is 13.6. The number of nitrogens with one attached hydrogen (secondary N) is 1. The van der Waals surface area contributed by atoms with Gasteiger partial charge in [-0.05, 0) is 57.2 Å². The highest BCUT2D eigenvalue weighted by atomic mass is 16.5. The van der Waals surface area contributed by atoms with Gasteiger partial charge in [0.15, 0.2) is 0 Å². The maximum absolute atomic E-state index is 5.64. The molecule has 1 fully saturated rings. The van der Waals surface area contributed by atoms with E-state index in [0.717, 1.165) is 13.2 Å². The molecule has 1 unspecified atom stereocenters. The van der Waals surface area contributed by atoms with E-state index in [1.165, 1.54) is 36.8 Å². The summed E-state index contributed by atoms with van der Waals surface area (Å²) >= 11 is 0. The molecule has 0 saturated carbocycles. The zero-order valence-electron chi connectivity index (χ0n) is 11.6. The zero-order valence-corrected chi connectivity index (χ0v) is 11.6. The highest BCUT2D eigenvalue weighted by Gasteiger charge is 2.14. The molecule has 1 saturated heterocycles. The molecule has 1 aromatic rings. The van der Waals surface area contributed by atoms with E-state index in [9.17, 15) is 0 Å². The normalized spacial score (nSPS) is 21.1. The summed E-state index contributed by atoms with van der Waals surface area (Å²) in [7, 11) is 0. The van der Waals surface area contributed by atoms with Gasteiger partial charge in [0.1, 0.15) is 0 Å². The molecule has 0 aliphatic carbocycles. The molecule has 2 atom stereocenters. The van der Waals surface area contributed by atoms with Crippen LogP contribution in [-0.4, -0.2) is 19.3 Å². The monoisotopic (exact) mass is 247 g/mol. The standard InChI is InChI=1S/C16H25NO/c1-13-7-3-4-10-16(13)14(2)17-11-5-8-15-9-6-12-18-15/h3-4,7,10,14-15,17H,5-6,8-9,11-12H2,1-2H3/t14-,15?/m1/s1. The third kappa shape index (κ3) is 3.82. The summed E-state index contributed by atoms with van der Waals surface area (Å²) in [6, 6.07) is 9.05. The van der Waals surface area contributed by atoms with Crippen LogP contribution in [0.1, 0.15) is 49.8 Å². The fraction of sp³-hybridized carbons (Fsp3) is 0.625. The Balaban J connectivity index is 1.68. The van der Waals surface area contributed by atoms with Crippen LogP contribution >= 0.6 is 0 Å². The molecule has 1 heterocycles. The Morgan fingerprint density at radius 2 is 2.22 bits per heavy atom. The number of rotatable bonds is 6. The fourth-order valence-electron chi connectivity index (χ4n) is 2.70. The molecule has 1 N–H and O–H groups in total. The molecule has 1 aliphatic rings. The van der Waals surface area contributed by atoms with Gasteiger partial charge in [0.25, 0.3) is 0 Å². The van der Waals surface area contributed by atoms with E-state index in [2.05, 4.69) is 43.4 Å². The molecule has 0 amide bonds. The van der Waals surface area contributed by atoms with Gasteiger partial charge in [-0.15, -0.1) is 0 Å².